The minimum atomic E-state index is -0.624. The Morgan fingerprint density at radius 3 is 2.58 bits per heavy atom. The van der Waals surface area contributed by atoms with Gasteiger partial charge in [-0.1, -0.05) is 13.0 Å². The Kier molecular flexibility index (Phi) is 6.11. The lowest BCUT2D eigenvalue weighted by Crippen LogP contribution is -2.46. The highest BCUT2D eigenvalue weighted by atomic mass is 19.1. The van der Waals surface area contributed by atoms with Crippen LogP contribution >= 0.6 is 0 Å². The third-order valence-electron chi connectivity index (χ3n) is 4.37. The predicted octanol–water partition coefficient (Wildman–Crippen LogP) is 2.66. The van der Waals surface area contributed by atoms with Gasteiger partial charge in [-0.25, -0.2) is 13.6 Å². The Morgan fingerprint density at radius 1 is 1.33 bits per heavy atom. The number of amides is 2. The van der Waals surface area contributed by atoms with Crippen LogP contribution in [0.25, 0.3) is 0 Å². The summed E-state index contributed by atoms with van der Waals surface area (Å²) < 4.78 is 31.4. The van der Waals surface area contributed by atoms with E-state index in [-0.39, 0.29) is 30.4 Å². The molecule has 0 saturated carbocycles. The highest BCUT2D eigenvalue weighted by Crippen LogP contribution is 2.20. The Labute approximate surface area is 140 Å². The van der Waals surface area contributed by atoms with Crippen molar-refractivity contribution in [2.75, 3.05) is 26.7 Å². The highest BCUT2D eigenvalue weighted by Gasteiger charge is 2.28. The topological polar surface area (TPSA) is 58.6 Å². The van der Waals surface area contributed by atoms with Crippen LogP contribution < -0.4 is 5.32 Å². The average molecular weight is 340 g/mol. The van der Waals surface area contributed by atoms with E-state index < -0.39 is 11.6 Å². The smallest absolute Gasteiger partial charge is 0.317 e. The Balaban J connectivity index is 1.82. The third kappa shape index (κ3) is 4.43. The molecule has 1 unspecified atom stereocenters. The fourth-order valence-corrected chi connectivity index (χ4v) is 2.85. The van der Waals surface area contributed by atoms with Crippen molar-refractivity contribution in [3.8, 4) is 0 Å². The van der Waals surface area contributed by atoms with Gasteiger partial charge in [0, 0.05) is 31.6 Å². The largest absolute Gasteiger partial charge is 0.469 e. The van der Waals surface area contributed by atoms with Gasteiger partial charge >= 0.3 is 12.0 Å². The number of halogens is 2. The quantitative estimate of drug-likeness (QED) is 0.858. The van der Waals surface area contributed by atoms with Gasteiger partial charge in [0.15, 0.2) is 0 Å². The van der Waals surface area contributed by atoms with Gasteiger partial charge in [0.1, 0.15) is 11.6 Å². The van der Waals surface area contributed by atoms with Crippen LogP contribution in [0.5, 0.6) is 0 Å². The van der Waals surface area contributed by atoms with E-state index in [1.165, 1.54) is 19.2 Å². The molecular formula is C17H22F2N2O3. The fraction of sp³-hybridized carbons (Fsp3) is 0.529. The Bertz CT molecular complexity index is 601. The molecule has 7 heteroatoms. The number of nitrogens with zero attached hydrogens (tertiary/aromatic N) is 1. The number of hydrogen-bond acceptors (Lipinski definition) is 3. The van der Waals surface area contributed by atoms with Gasteiger partial charge in [-0.2, -0.15) is 0 Å². The third-order valence-corrected chi connectivity index (χ3v) is 4.37. The number of piperidine rings is 1. The van der Waals surface area contributed by atoms with Crippen molar-refractivity contribution in [2.45, 2.75) is 25.7 Å². The second kappa shape index (κ2) is 8.08. The van der Waals surface area contributed by atoms with Crippen LogP contribution in [0.15, 0.2) is 18.2 Å². The number of benzene rings is 1. The standard InChI is InChI=1S/C17H22F2N2O3/c1-11(14-4-3-13(18)9-15(14)19)10-20-17(23)21-7-5-12(6-8-21)16(22)24-2/h3-4,9,11-12H,5-8,10H2,1-2H3,(H,20,23). The minimum Gasteiger partial charge on any atom is -0.469 e. The van der Waals surface area contributed by atoms with Crippen molar-refractivity contribution in [1.29, 1.82) is 0 Å². The van der Waals surface area contributed by atoms with Crippen molar-refractivity contribution in [1.82, 2.24) is 10.2 Å². The van der Waals surface area contributed by atoms with E-state index in [1.54, 1.807) is 11.8 Å². The van der Waals surface area contributed by atoms with Crippen LogP contribution in [0.2, 0.25) is 0 Å². The molecule has 1 aliphatic rings. The normalized spacial score (nSPS) is 16.6. The molecule has 24 heavy (non-hydrogen) atoms. The molecule has 0 bridgehead atoms. The lowest BCUT2D eigenvalue weighted by molar-refractivity contribution is -0.146. The van der Waals surface area contributed by atoms with Gasteiger partial charge in [-0.3, -0.25) is 4.79 Å². The molecule has 2 amide bonds. The summed E-state index contributed by atoms with van der Waals surface area (Å²) in [4.78, 5) is 25.3. The number of urea groups is 1. The van der Waals surface area contributed by atoms with E-state index in [2.05, 4.69) is 5.32 Å². The maximum absolute atomic E-state index is 13.7. The van der Waals surface area contributed by atoms with Crippen molar-refractivity contribution < 1.29 is 23.1 Å². The fourth-order valence-electron chi connectivity index (χ4n) is 2.85. The molecule has 0 aliphatic carbocycles. The summed E-state index contributed by atoms with van der Waals surface area (Å²) in [6, 6.07) is 3.19. The first-order valence-electron chi connectivity index (χ1n) is 7.98. The molecule has 1 aliphatic heterocycles. The van der Waals surface area contributed by atoms with E-state index in [0.29, 0.717) is 31.5 Å². The van der Waals surface area contributed by atoms with Crippen LogP contribution in [0.4, 0.5) is 13.6 Å². The van der Waals surface area contributed by atoms with Crippen LogP contribution in [0.3, 0.4) is 0 Å². The van der Waals surface area contributed by atoms with Crippen LogP contribution in [0, 0.1) is 17.6 Å². The Hall–Kier alpha value is -2.18. The van der Waals surface area contributed by atoms with E-state index in [0.717, 1.165) is 6.07 Å². The summed E-state index contributed by atoms with van der Waals surface area (Å²) >= 11 is 0. The lowest BCUT2D eigenvalue weighted by Gasteiger charge is -2.31. The first-order valence-corrected chi connectivity index (χ1v) is 7.98. The summed E-state index contributed by atoms with van der Waals surface area (Å²) in [7, 11) is 1.36. The zero-order valence-electron chi connectivity index (χ0n) is 13.9. The first kappa shape index (κ1) is 18.2. The molecule has 5 nitrogen and oxygen atoms in total. The van der Waals surface area contributed by atoms with Gasteiger partial charge in [0.25, 0.3) is 0 Å². The van der Waals surface area contributed by atoms with Crippen molar-refractivity contribution in [3.05, 3.63) is 35.4 Å². The summed E-state index contributed by atoms with van der Waals surface area (Å²) in [6.45, 7) is 2.97. The molecule has 1 aromatic rings. The maximum atomic E-state index is 13.7. The van der Waals surface area contributed by atoms with E-state index >= 15 is 0 Å². The SMILES string of the molecule is COC(=O)C1CCN(C(=O)NCC(C)c2ccc(F)cc2F)CC1. The molecule has 1 atom stereocenters. The minimum absolute atomic E-state index is 0.161. The molecule has 1 saturated heterocycles. The molecule has 0 radical (unpaired) electrons. The number of esters is 1. The summed E-state index contributed by atoms with van der Waals surface area (Å²) in [5.41, 5.74) is 0.362. The van der Waals surface area contributed by atoms with Gasteiger partial charge in [0.2, 0.25) is 0 Å². The number of carbonyl (C=O) groups excluding carboxylic acids is 2. The molecule has 132 valence electrons. The monoisotopic (exact) mass is 340 g/mol. The van der Waals surface area contributed by atoms with Gasteiger partial charge in [-0.15, -0.1) is 0 Å². The number of rotatable bonds is 4. The van der Waals surface area contributed by atoms with Gasteiger partial charge in [0.05, 0.1) is 13.0 Å². The zero-order chi connectivity index (χ0) is 17.7. The molecule has 1 heterocycles. The average Bonchev–Trinajstić information content (AvgIpc) is 2.58. The maximum Gasteiger partial charge on any atom is 0.317 e. The molecule has 2 rings (SSSR count). The first-order chi connectivity index (χ1) is 11.4. The molecule has 0 spiro atoms. The molecule has 0 aromatic heterocycles. The number of likely N-dealkylation sites (tertiary alicyclic amines) is 1. The Morgan fingerprint density at radius 2 is 2.00 bits per heavy atom. The number of nitrogens with one attached hydrogen (secondary N) is 1. The zero-order valence-corrected chi connectivity index (χ0v) is 13.9. The summed E-state index contributed by atoms with van der Waals surface area (Å²) in [6.07, 6.45) is 1.14. The predicted molar refractivity (Wildman–Crippen MR) is 84.5 cm³/mol. The van der Waals surface area contributed by atoms with E-state index in [9.17, 15) is 18.4 Å². The van der Waals surface area contributed by atoms with Crippen molar-refractivity contribution >= 4 is 12.0 Å². The molecular weight excluding hydrogens is 318 g/mol. The number of ether oxygens (including phenoxy) is 1. The van der Waals surface area contributed by atoms with Crippen LogP contribution in [-0.4, -0.2) is 43.6 Å². The summed E-state index contributed by atoms with van der Waals surface area (Å²) in [5.74, 6) is -1.92. The van der Waals surface area contributed by atoms with E-state index in [1.807, 2.05) is 0 Å². The van der Waals surface area contributed by atoms with Crippen LogP contribution in [0.1, 0.15) is 31.2 Å². The second-order valence-corrected chi connectivity index (χ2v) is 6.04. The lowest BCUT2D eigenvalue weighted by atomic mass is 9.97. The number of carbonyl (C=O) groups is 2. The van der Waals surface area contributed by atoms with E-state index in [4.69, 9.17) is 4.74 Å². The summed E-state index contributed by atoms with van der Waals surface area (Å²) in [5, 5.41) is 2.76. The number of methoxy groups -OCH3 is 1. The number of hydrogen-bond donors (Lipinski definition) is 1. The molecule has 1 aromatic carbocycles. The van der Waals surface area contributed by atoms with Gasteiger partial charge in [-0.05, 0) is 24.5 Å². The highest BCUT2D eigenvalue weighted by molar-refractivity contribution is 5.76. The van der Waals surface area contributed by atoms with Crippen molar-refractivity contribution in [2.24, 2.45) is 5.92 Å². The van der Waals surface area contributed by atoms with Gasteiger partial charge < -0.3 is 15.0 Å². The van der Waals surface area contributed by atoms with Crippen molar-refractivity contribution in [3.63, 3.8) is 0 Å². The van der Waals surface area contributed by atoms with Crippen LogP contribution in [-0.2, 0) is 9.53 Å². The molecule has 1 fully saturated rings. The molecule has 1 N–H and O–H groups in total. The second-order valence-electron chi connectivity index (χ2n) is 6.04.